The highest BCUT2D eigenvalue weighted by molar-refractivity contribution is 7.14. The van der Waals surface area contributed by atoms with E-state index in [0.717, 1.165) is 11.3 Å². The molecule has 0 saturated heterocycles. The topological polar surface area (TPSA) is 101 Å². The van der Waals surface area contributed by atoms with E-state index >= 15 is 0 Å². The van der Waals surface area contributed by atoms with Gasteiger partial charge in [-0.1, -0.05) is 12.1 Å². The highest BCUT2D eigenvalue weighted by Gasteiger charge is 2.10. The van der Waals surface area contributed by atoms with Gasteiger partial charge >= 0.3 is 0 Å². The molecule has 25 heavy (non-hydrogen) atoms. The molecule has 0 spiro atoms. The number of nitro benzene ring substituents is 1. The second kappa shape index (κ2) is 7.10. The van der Waals surface area contributed by atoms with Crippen molar-refractivity contribution in [2.45, 2.75) is 6.92 Å². The zero-order valence-electron chi connectivity index (χ0n) is 13.2. The lowest BCUT2D eigenvalue weighted by Crippen LogP contribution is -1.99. The van der Waals surface area contributed by atoms with Gasteiger partial charge in [0, 0.05) is 23.1 Å². The molecule has 0 aliphatic carbocycles. The average Bonchev–Trinajstić information content (AvgIpc) is 3.09. The minimum absolute atomic E-state index is 0.0289. The van der Waals surface area contributed by atoms with Crippen LogP contribution in [0.2, 0.25) is 0 Å². The summed E-state index contributed by atoms with van der Waals surface area (Å²) in [6, 6.07) is 13.1. The number of rotatable bonds is 5. The maximum absolute atomic E-state index is 10.9. The molecule has 0 aliphatic rings. The third-order valence-corrected chi connectivity index (χ3v) is 4.21. The van der Waals surface area contributed by atoms with Crippen molar-refractivity contribution in [2.24, 2.45) is 5.10 Å². The largest absolute Gasteiger partial charge is 0.508 e. The molecule has 7 nitrogen and oxygen atoms in total. The second-order valence-electron chi connectivity index (χ2n) is 5.20. The number of aromatic nitrogens is 1. The van der Waals surface area contributed by atoms with Crippen LogP contribution in [0.15, 0.2) is 59.0 Å². The van der Waals surface area contributed by atoms with Crippen molar-refractivity contribution in [3.8, 4) is 17.0 Å². The third-order valence-electron chi connectivity index (χ3n) is 3.46. The quantitative estimate of drug-likeness (QED) is 0.405. The van der Waals surface area contributed by atoms with Gasteiger partial charge in [0.25, 0.3) is 5.69 Å². The van der Waals surface area contributed by atoms with Crippen molar-refractivity contribution >= 4 is 27.9 Å². The van der Waals surface area contributed by atoms with Crippen molar-refractivity contribution in [1.29, 1.82) is 0 Å². The van der Waals surface area contributed by atoms with Gasteiger partial charge in [0.15, 0.2) is 0 Å². The molecule has 0 bridgehead atoms. The number of nitrogens with one attached hydrogen (secondary N) is 1. The van der Waals surface area contributed by atoms with Gasteiger partial charge in [0.1, 0.15) is 5.75 Å². The molecule has 0 fully saturated rings. The minimum atomic E-state index is -0.430. The number of nitro groups is 1. The fraction of sp³-hybridized carbons (Fsp3) is 0.0588. The van der Waals surface area contributed by atoms with Crippen LogP contribution in [-0.4, -0.2) is 20.7 Å². The van der Waals surface area contributed by atoms with E-state index < -0.39 is 4.92 Å². The predicted molar refractivity (Wildman–Crippen MR) is 98.1 cm³/mol. The monoisotopic (exact) mass is 354 g/mol. The van der Waals surface area contributed by atoms with Crippen LogP contribution >= 0.6 is 11.3 Å². The van der Waals surface area contributed by atoms with Crippen LogP contribution in [0.25, 0.3) is 11.3 Å². The van der Waals surface area contributed by atoms with E-state index in [9.17, 15) is 15.2 Å². The van der Waals surface area contributed by atoms with Crippen LogP contribution < -0.4 is 5.43 Å². The summed E-state index contributed by atoms with van der Waals surface area (Å²) < 4.78 is 0. The molecular formula is C17H14N4O3S. The number of thiazole rings is 1. The number of anilines is 1. The third kappa shape index (κ3) is 3.99. The first-order chi connectivity index (χ1) is 12.0. The number of hydrogen-bond acceptors (Lipinski definition) is 7. The summed E-state index contributed by atoms with van der Waals surface area (Å²) in [4.78, 5) is 14.8. The number of non-ortho nitro benzene ring substituents is 1. The molecule has 3 rings (SSSR count). The van der Waals surface area contributed by atoms with Gasteiger partial charge in [-0.3, -0.25) is 15.5 Å². The van der Waals surface area contributed by atoms with Gasteiger partial charge < -0.3 is 5.11 Å². The summed E-state index contributed by atoms with van der Waals surface area (Å²) in [5.74, 6) is 0.200. The van der Waals surface area contributed by atoms with Crippen molar-refractivity contribution in [3.63, 3.8) is 0 Å². The molecule has 1 aromatic heterocycles. The molecule has 0 aliphatic heterocycles. The van der Waals surface area contributed by atoms with Gasteiger partial charge in [-0.05, 0) is 36.8 Å². The van der Waals surface area contributed by atoms with E-state index in [0.29, 0.717) is 16.4 Å². The lowest BCUT2D eigenvalue weighted by atomic mass is 10.1. The fourth-order valence-corrected chi connectivity index (χ4v) is 2.80. The molecule has 0 radical (unpaired) electrons. The number of phenols is 1. The Morgan fingerprint density at radius 2 is 2.04 bits per heavy atom. The highest BCUT2D eigenvalue weighted by Crippen LogP contribution is 2.27. The van der Waals surface area contributed by atoms with Gasteiger partial charge in [-0.25, -0.2) is 4.98 Å². The van der Waals surface area contributed by atoms with Crippen molar-refractivity contribution in [1.82, 2.24) is 4.98 Å². The number of nitrogens with zero attached hydrogens (tertiary/aromatic N) is 3. The minimum Gasteiger partial charge on any atom is -0.508 e. The summed E-state index contributed by atoms with van der Waals surface area (Å²) >= 11 is 1.36. The highest BCUT2D eigenvalue weighted by atomic mass is 32.1. The Morgan fingerprint density at radius 3 is 2.76 bits per heavy atom. The molecule has 0 unspecified atom stereocenters. The van der Waals surface area contributed by atoms with Crippen molar-refractivity contribution < 1.29 is 10.0 Å². The van der Waals surface area contributed by atoms with Crippen LogP contribution in [0, 0.1) is 10.1 Å². The fourth-order valence-electron chi connectivity index (χ4n) is 2.14. The van der Waals surface area contributed by atoms with E-state index in [4.69, 9.17) is 0 Å². The Balaban J connectivity index is 1.75. The van der Waals surface area contributed by atoms with Crippen molar-refractivity contribution in [3.05, 3.63) is 69.6 Å². The Kier molecular flexibility index (Phi) is 4.71. The molecule has 0 amide bonds. The first kappa shape index (κ1) is 16.6. The normalized spacial score (nSPS) is 11.3. The smallest absolute Gasteiger partial charge is 0.270 e. The first-order valence-electron chi connectivity index (χ1n) is 7.33. The van der Waals surface area contributed by atoms with Gasteiger partial charge in [-0.2, -0.15) is 5.10 Å². The molecule has 8 heteroatoms. The number of benzene rings is 2. The van der Waals surface area contributed by atoms with Crippen LogP contribution in [0.5, 0.6) is 5.75 Å². The predicted octanol–water partition coefficient (Wildman–Crippen LogP) is 4.26. The average molecular weight is 354 g/mol. The summed E-state index contributed by atoms with van der Waals surface area (Å²) in [6.45, 7) is 1.84. The molecule has 3 aromatic rings. The summed E-state index contributed by atoms with van der Waals surface area (Å²) in [6.07, 6.45) is 0. The number of phenolic OH excluding ortho intramolecular Hbond substituents is 1. The van der Waals surface area contributed by atoms with Gasteiger partial charge in [-0.15, -0.1) is 11.3 Å². The maximum atomic E-state index is 10.9. The zero-order valence-corrected chi connectivity index (χ0v) is 14.0. The number of aromatic hydroxyl groups is 1. The molecular weight excluding hydrogens is 340 g/mol. The Hall–Kier alpha value is -3.26. The Bertz CT molecular complexity index is 935. The second-order valence-corrected chi connectivity index (χ2v) is 6.06. The van der Waals surface area contributed by atoms with E-state index in [-0.39, 0.29) is 11.4 Å². The summed E-state index contributed by atoms with van der Waals surface area (Å²) in [5, 5.41) is 26.8. The lowest BCUT2D eigenvalue weighted by molar-refractivity contribution is -0.384. The maximum Gasteiger partial charge on any atom is 0.270 e. The van der Waals surface area contributed by atoms with Gasteiger partial charge in [0.05, 0.1) is 16.3 Å². The van der Waals surface area contributed by atoms with E-state index in [2.05, 4.69) is 15.5 Å². The van der Waals surface area contributed by atoms with E-state index in [1.165, 1.54) is 23.5 Å². The Morgan fingerprint density at radius 1 is 1.28 bits per heavy atom. The molecule has 0 atom stereocenters. The molecule has 126 valence electrons. The number of hydrazone groups is 1. The van der Waals surface area contributed by atoms with Crippen LogP contribution in [0.3, 0.4) is 0 Å². The van der Waals surface area contributed by atoms with Crippen LogP contribution in [0.4, 0.5) is 10.8 Å². The SMILES string of the molecule is C/C(=N/Nc1nc(-c2cccc([N+](=O)[O-])c2)cs1)c1ccc(O)cc1. The summed E-state index contributed by atoms with van der Waals surface area (Å²) in [5.41, 5.74) is 5.86. The lowest BCUT2D eigenvalue weighted by Gasteiger charge is -2.01. The Labute approximate surface area is 147 Å². The standard InChI is InChI=1S/C17H14N4O3S/c1-11(12-5-7-15(22)8-6-12)19-20-17-18-16(10-25-17)13-3-2-4-14(9-13)21(23)24/h2-10,22H,1H3,(H,18,20)/b19-11-. The molecule has 0 saturated carbocycles. The van der Waals surface area contributed by atoms with Crippen LogP contribution in [0.1, 0.15) is 12.5 Å². The van der Waals surface area contributed by atoms with E-state index in [1.807, 2.05) is 12.3 Å². The molecule has 2 N–H and O–H groups in total. The van der Waals surface area contributed by atoms with E-state index in [1.54, 1.807) is 36.4 Å². The van der Waals surface area contributed by atoms with Crippen LogP contribution in [-0.2, 0) is 0 Å². The van der Waals surface area contributed by atoms with Gasteiger partial charge in [0.2, 0.25) is 5.13 Å². The molecule has 2 aromatic carbocycles. The summed E-state index contributed by atoms with van der Waals surface area (Å²) in [7, 11) is 0. The van der Waals surface area contributed by atoms with Crippen molar-refractivity contribution in [2.75, 3.05) is 5.43 Å². The molecule has 1 heterocycles. The zero-order chi connectivity index (χ0) is 17.8. The number of hydrogen-bond donors (Lipinski definition) is 2. The first-order valence-corrected chi connectivity index (χ1v) is 8.21.